The van der Waals surface area contributed by atoms with Crippen LogP contribution in [0.4, 0.5) is 0 Å². The van der Waals surface area contributed by atoms with E-state index >= 15 is 0 Å². The number of carboxylic acid groups (broad SMARTS) is 2. The highest BCUT2D eigenvalue weighted by Crippen LogP contribution is 2.28. The van der Waals surface area contributed by atoms with Gasteiger partial charge < -0.3 is 10.2 Å². The van der Waals surface area contributed by atoms with Gasteiger partial charge in [-0.2, -0.15) is 0 Å². The fraction of sp³-hybridized carbons (Fsp3) is 0.500. The predicted molar refractivity (Wildman–Crippen MR) is 48.8 cm³/mol. The highest BCUT2D eigenvalue weighted by Gasteiger charge is 2.40. The van der Waals surface area contributed by atoms with Crippen LogP contribution >= 0.6 is 0 Å². The average molecular weight is 198 g/mol. The van der Waals surface area contributed by atoms with Crippen LogP contribution in [0.2, 0.25) is 0 Å². The Morgan fingerprint density at radius 3 is 2.21 bits per heavy atom. The van der Waals surface area contributed by atoms with Gasteiger partial charge in [-0.05, 0) is 6.92 Å². The van der Waals surface area contributed by atoms with E-state index < -0.39 is 29.9 Å². The summed E-state index contributed by atoms with van der Waals surface area (Å²) in [5.41, 5.74) is -1.18. The van der Waals surface area contributed by atoms with Crippen molar-refractivity contribution in [2.45, 2.75) is 19.0 Å². The molecule has 0 aromatic rings. The molecule has 76 valence electrons. The lowest BCUT2D eigenvalue weighted by atomic mass is 9.92. The van der Waals surface area contributed by atoms with Gasteiger partial charge in [-0.3, -0.25) is 19.6 Å². The van der Waals surface area contributed by atoms with Gasteiger partial charge in [0.15, 0.2) is 5.66 Å². The first-order chi connectivity index (χ1) is 6.46. The fourth-order valence-corrected chi connectivity index (χ4v) is 1.27. The molecule has 0 amide bonds. The van der Waals surface area contributed by atoms with E-state index in [4.69, 9.17) is 10.2 Å². The van der Waals surface area contributed by atoms with Gasteiger partial charge in [-0.25, -0.2) is 0 Å². The largest absolute Gasteiger partial charge is 0.481 e. The number of aliphatic carboxylic acids is 2. The summed E-state index contributed by atoms with van der Waals surface area (Å²) in [5, 5.41) is 17.4. The minimum atomic E-state index is -1.20. The predicted octanol–water partition coefficient (Wildman–Crippen LogP) is 0.0333. The van der Waals surface area contributed by atoms with E-state index in [1.165, 1.54) is 19.4 Å². The van der Waals surface area contributed by atoms with E-state index in [2.05, 4.69) is 9.98 Å². The molecule has 0 saturated heterocycles. The van der Waals surface area contributed by atoms with Gasteiger partial charge in [0.1, 0.15) is 5.92 Å². The van der Waals surface area contributed by atoms with Gasteiger partial charge in [0, 0.05) is 12.4 Å². The summed E-state index contributed by atoms with van der Waals surface area (Å²) < 4.78 is 0. The molecule has 0 aromatic carbocycles. The van der Waals surface area contributed by atoms with E-state index in [1.54, 1.807) is 0 Å². The number of rotatable bonds is 4. The second-order valence-electron chi connectivity index (χ2n) is 3.14. The molecule has 6 heteroatoms. The molecule has 0 spiro atoms. The quantitative estimate of drug-likeness (QED) is 0.665. The number of hydrogen-bond donors (Lipinski definition) is 2. The average Bonchev–Trinajstić information content (AvgIpc) is 2.48. The van der Waals surface area contributed by atoms with Gasteiger partial charge in [0.2, 0.25) is 0 Å². The maximum atomic E-state index is 10.8. The Hall–Kier alpha value is -1.72. The zero-order valence-corrected chi connectivity index (χ0v) is 7.54. The van der Waals surface area contributed by atoms with Crippen molar-refractivity contribution in [1.29, 1.82) is 0 Å². The summed E-state index contributed by atoms with van der Waals surface area (Å²) in [4.78, 5) is 29.0. The number of carbonyl (C=O) groups is 2. The zero-order chi connectivity index (χ0) is 10.8. The van der Waals surface area contributed by atoms with Crippen molar-refractivity contribution in [1.82, 2.24) is 0 Å². The summed E-state index contributed by atoms with van der Waals surface area (Å²) in [6.45, 7) is 1.49. The third-order valence-electron chi connectivity index (χ3n) is 2.08. The number of hydrogen-bond acceptors (Lipinski definition) is 4. The van der Waals surface area contributed by atoms with Crippen LogP contribution in [0.15, 0.2) is 9.98 Å². The Morgan fingerprint density at radius 1 is 1.36 bits per heavy atom. The lowest BCUT2D eigenvalue weighted by Crippen LogP contribution is -2.36. The van der Waals surface area contributed by atoms with Crippen LogP contribution in [-0.4, -0.2) is 40.2 Å². The minimum Gasteiger partial charge on any atom is -0.481 e. The van der Waals surface area contributed by atoms with Crippen LogP contribution < -0.4 is 0 Å². The molecule has 0 fully saturated rings. The zero-order valence-electron chi connectivity index (χ0n) is 7.54. The second kappa shape index (κ2) is 3.57. The molecule has 2 N–H and O–H groups in total. The Bertz CT molecular complexity index is 309. The molecule has 0 bridgehead atoms. The van der Waals surface area contributed by atoms with Crippen LogP contribution in [0.1, 0.15) is 13.3 Å². The monoisotopic (exact) mass is 198 g/mol. The number of carboxylic acids is 2. The molecule has 1 atom stereocenters. The standard InChI is InChI=1S/C8H10N2O4/c1-8(9-2-3-10-8)5(7(13)14)4-6(11)12/h2-3,5H,4H2,1H3,(H,11,12)(H,13,14). The second-order valence-corrected chi connectivity index (χ2v) is 3.14. The maximum Gasteiger partial charge on any atom is 0.311 e. The molecule has 1 rings (SSSR count). The summed E-state index contributed by atoms with van der Waals surface area (Å²) >= 11 is 0. The normalized spacial score (nSPS) is 19.5. The van der Waals surface area contributed by atoms with E-state index in [9.17, 15) is 9.59 Å². The Labute approximate surface area is 80.0 Å². The first-order valence-electron chi connectivity index (χ1n) is 3.99. The van der Waals surface area contributed by atoms with Gasteiger partial charge in [0.25, 0.3) is 0 Å². The van der Waals surface area contributed by atoms with E-state index in [0.29, 0.717) is 0 Å². The fourth-order valence-electron chi connectivity index (χ4n) is 1.27. The SMILES string of the molecule is CC1(C(CC(=O)O)C(=O)O)N=CC=N1. The van der Waals surface area contributed by atoms with Crippen LogP contribution in [-0.2, 0) is 9.59 Å². The van der Waals surface area contributed by atoms with Gasteiger partial charge in [-0.1, -0.05) is 0 Å². The van der Waals surface area contributed by atoms with Crippen molar-refractivity contribution in [3.05, 3.63) is 0 Å². The molecule has 0 radical (unpaired) electrons. The molecule has 1 heterocycles. The number of nitrogens with zero attached hydrogens (tertiary/aromatic N) is 2. The van der Waals surface area contributed by atoms with Crippen LogP contribution in [0.3, 0.4) is 0 Å². The van der Waals surface area contributed by atoms with Crippen molar-refractivity contribution in [2.75, 3.05) is 0 Å². The van der Waals surface area contributed by atoms with Gasteiger partial charge in [-0.15, -0.1) is 0 Å². The topological polar surface area (TPSA) is 99.3 Å². The van der Waals surface area contributed by atoms with Crippen LogP contribution in [0.5, 0.6) is 0 Å². The first-order valence-corrected chi connectivity index (χ1v) is 3.99. The van der Waals surface area contributed by atoms with Crippen molar-refractivity contribution in [3.63, 3.8) is 0 Å². The van der Waals surface area contributed by atoms with Crippen LogP contribution in [0.25, 0.3) is 0 Å². The van der Waals surface area contributed by atoms with E-state index in [0.717, 1.165) is 0 Å². The minimum absolute atomic E-state index is 0.486. The Kier molecular flexibility index (Phi) is 2.64. The summed E-state index contributed by atoms with van der Waals surface area (Å²) in [6, 6.07) is 0. The smallest absolute Gasteiger partial charge is 0.311 e. The third kappa shape index (κ3) is 1.95. The van der Waals surface area contributed by atoms with Crippen molar-refractivity contribution >= 4 is 24.4 Å². The van der Waals surface area contributed by atoms with Crippen molar-refractivity contribution in [2.24, 2.45) is 15.9 Å². The molecule has 0 saturated carbocycles. The molecule has 0 aromatic heterocycles. The Morgan fingerprint density at radius 2 is 1.86 bits per heavy atom. The van der Waals surface area contributed by atoms with Crippen LogP contribution in [0, 0.1) is 5.92 Å². The molecule has 6 nitrogen and oxygen atoms in total. The molecule has 1 aliphatic rings. The summed E-state index contributed by atoms with van der Waals surface area (Å²) in [6.07, 6.45) is 2.26. The molecule has 1 unspecified atom stereocenters. The maximum absolute atomic E-state index is 10.8. The van der Waals surface area contributed by atoms with E-state index in [-0.39, 0.29) is 0 Å². The molecular formula is C8H10N2O4. The highest BCUT2D eigenvalue weighted by molar-refractivity contribution is 6.17. The summed E-state index contributed by atoms with van der Waals surface area (Å²) in [5.74, 6) is -3.50. The van der Waals surface area contributed by atoms with Gasteiger partial charge in [0.05, 0.1) is 6.42 Å². The number of aliphatic imine (C=N–C) groups is 2. The molecule has 14 heavy (non-hydrogen) atoms. The van der Waals surface area contributed by atoms with Gasteiger partial charge >= 0.3 is 11.9 Å². The molecule has 0 aliphatic carbocycles. The summed E-state index contributed by atoms with van der Waals surface area (Å²) in [7, 11) is 0. The molecule has 1 aliphatic heterocycles. The third-order valence-corrected chi connectivity index (χ3v) is 2.08. The lowest BCUT2D eigenvalue weighted by Gasteiger charge is -2.23. The highest BCUT2D eigenvalue weighted by atomic mass is 16.4. The first kappa shape index (κ1) is 10.4. The lowest BCUT2D eigenvalue weighted by molar-refractivity contribution is -0.150. The van der Waals surface area contributed by atoms with E-state index in [1.807, 2.05) is 0 Å². The molecular weight excluding hydrogens is 188 g/mol. The Balaban J connectivity index is 2.88. The van der Waals surface area contributed by atoms with Crippen molar-refractivity contribution < 1.29 is 19.8 Å². The van der Waals surface area contributed by atoms with Crippen molar-refractivity contribution in [3.8, 4) is 0 Å².